The van der Waals surface area contributed by atoms with Gasteiger partial charge in [-0.2, -0.15) is 0 Å². The van der Waals surface area contributed by atoms with Gasteiger partial charge in [0.25, 0.3) is 0 Å². The van der Waals surface area contributed by atoms with E-state index in [4.69, 9.17) is 23.8 Å². The minimum Gasteiger partial charge on any atom is -0.462 e. The lowest BCUT2D eigenvalue weighted by molar-refractivity contribution is -0.161. The molecular formula is C35H70O13P2. The van der Waals surface area contributed by atoms with Gasteiger partial charge in [-0.15, -0.1) is 0 Å². The van der Waals surface area contributed by atoms with E-state index in [1.807, 2.05) is 0 Å². The molecule has 0 aliphatic rings. The van der Waals surface area contributed by atoms with Crippen LogP contribution in [0.1, 0.15) is 174 Å². The van der Waals surface area contributed by atoms with Crippen molar-refractivity contribution in [3.05, 3.63) is 0 Å². The molecule has 4 N–H and O–H groups in total. The van der Waals surface area contributed by atoms with E-state index in [9.17, 15) is 28.7 Å². The van der Waals surface area contributed by atoms with E-state index in [0.717, 1.165) is 38.5 Å². The van der Waals surface area contributed by atoms with E-state index in [-0.39, 0.29) is 19.4 Å². The summed E-state index contributed by atoms with van der Waals surface area (Å²) in [5.41, 5.74) is 0. The molecule has 0 aromatic carbocycles. The average molecular weight is 761 g/mol. The van der Waals surface area contributed by atoms with E-state index in [1.165, 1.54) is 96.3 Å². The minimum absolute atomic E-state index is 0.138. The molecule has 0 spiro atoms. The molecule has 0 rings (SSSR count). The minimum atomic E-state index is -4.85. The summed E-state index contributed by atoms with van der Waals surface area (Å²) < 4.78 is 47.5. The maximum atomic E-state index is 12.6. The van der Waals surface area contributed by atoms with Gasteiger partial charge in [0.15, 0.2) is 6.10 Å². The topological polar surface area (TPSA) is 195 Å². The van der Waals surface area contributed by atoms with Gasteiger partial charge in [-0.05, 0) is 12.8 Å². The van der Waals surface area contributed by atoms with Gasteiger partial charge in [0.1, 0.15) is 12.7 Å². The van der Waals surface area contributed by atoms with E-state index < -0.39 is 59.6 Å². The Hall–Kier alpha value is -0.880. The quantitative estimate of drug-likeness (QED) is 0.0267. The van der Waals surface area contributed by atoms with Crippen molar-refractivity contribution in [2.75, 3.05) is 26.4 Å². The molecule has 15 heteroatoms. The monoisotopic (exact) mass is 760 g/mol. The first-order valence-corrected chi connectivity index (χ1v) is 22.3. The Morgan fingerprint density at radius 2 is 0.860 bits per heavy atom. The molecule has 0 radical (unpaired) electrons. The van der Waals surface area contributed by atoms with Crippen molar-refractivity contribution in [1.82, 2.24) is 0 Å². The molecule has 0 aromatic rings. The number of carbonyl (C=O) groups is 2. The number of phosphoric ester groups is 2. The third-order valence-electron chi connectivity index (χ3n) is 8.24. The third kappa shape index (κ3) is 35.5. The van der Waals surface area contributed by atoms with Crippen molar-refractivity contribution in [1.29, 1.82) is 0 Å². The molecule has 298 valence electrons. The van der Waals surface area contributed by atoms with Gasteiger partial charge in [-0.3, -0.25) is 23.2 Å². The molecule has 1 unspecified atom stereocenters. The third-order valence-corrected chi connectivity index (χ3v) is 9.67. The molecule has 0 aromatic heterocycles. The molecule has 0 saturated heterocycles. The fourth-order valence-corrected chi connectivity index (χ4v) is 6.44. The number of aliphatic hydroxyl groups is 1. The Morgan fingerprint density at radius 1 is 0.500 bits per heavy atom. The zero-order valence-electron chi connectivity index (χ0n) is 31.0. The smallest absolute Gasteiger partial charge is 0.462 e. The summed E-state index contributed by atoms with van der Waals surface area (Å²) in [4.78, 5) is 52.4. The van der Waals surface area contributed by atoms with Crippen molar-refractivity contribution in [3.63, 3.8) is 0 Å². The van der Waals surface area contributed by atoms with Crippen LogP contribution >= 0.6 is 15.6 Å². The Bertz CT molecular complexity index is 915. The first-order valence-electron chi connectivity index (χ1n) is 19.2. The highest BCUT2D eigenvalue weighted by Crippen LogP contribution is 2.43. The number of carbonyl (C=O) groups excluding carboxylic acids is 2. The number of esters is 2. The van der Waals surface area contributed by atoms with E-state index >= 15 is 0 Å². The van der Waals surface area contributed by atoms with E-state index in [1.54, 1.807) is 0 Å². The molecule has 0 bridgehead atoms. The number of phosphoric acid groups is 2. The zero-order chi connectivity index (χ0) is 37.4. The molecular weight excluding hydrogens is 690 g/mol. The summed E-state index contributed by atoms with van der Waals surface area (Å²) in [7, 11) is -9.64. The van der Waals surface area contributed by atoms with Crippen molar-refractivity contribution in [2.45, 2.75) is 187 Å². The highest BCUT2D eigenvalue weighted by molar-refractivity contribution is 7.47. The fraction of sp³-hybridized carbons (Fsp3) is 0.943. The second kappa shape index (κ2) is 32.7. The largest absolute Gasteiger partial charge is 0.472 e. The zero-order valence-corrected chi connectivity index (χ0v) is 32.8. The Balaban J connectivity index is 4.56. The normalized spacial score (nSPS) is 14.3. The Kier molecular flexibility index (Phi) is 32.2. The second-order valence-corrected chi connectivity index (χ2v) is 15.9. The van der Waals surface area contributed by atoms with Crippen LogP contribution in [0.4, 0.5) is 0 Å². The maximum Gasteiger partial charge on any atom is 0.472 e. The lowest BCUT2D eigenvalue weighted by Gasteiger charge is -2.20. The number of hydrogen-bond acceptors (Lipinski definition) is 10. The van der Waals surface area contributed by atoms with Crippen LogP contribution in [0, 0.1) is 0 Å². The second-order valence-electron chi connectivity index (χ2n) is 13.2. The number of rotatable bonds is 37. The van der Waals surface area contributed by atoms with Gasteiger partial charge in [-0.1, -0.05) is 149 Å². The molecule has 3 atom stereocenters. The van der Waals surface area contributed by atoms with Gasteiger partial charge < -0.3 is 29.3 Å². The standard InChI is InChI=1S/C35H70O13P2/c1-3-5-7-9-11-13-15-17-18-20-22-24-26-34(37)44-30-33(31-47-50(42,43)46-29-32(36)28-45-49(39,40)41)48-35(38)27-25-23-21-19-16-14-12-10-8-6-4-2/h32-33,36H,3-31H2,1-2H3,(H,42,43)(H2,39,40,41)/t32-,33-/m1/s1. The molecule has 0 aliphatic heterocycles. The molecule has 13 nitrogen and oxygen atoms in total. The molecule has 0 amide bonds. The van der Waals surface area contributed by atoms with E-state index in [0.29, 0.717) is 12.8 Å². The average Bonchev–Trinajstić information content (AvgIpc) is 3.06. The molecule has 0 saturated carbocycles. The van der Waals surface area contributed by atoms with Gasteiger partial charge in [0.2, 0.25) is 0 Å². The van der Waals surface area contributed by atoms with E-state index in [2.05, 4.69) is 22.9 Å². The lowest BCUT2D eigenvalue weighted by Crippen LogP contribution is -2.30. The summed E-state index contributed by atoms with van der Waals surface area (Å²) >= 11 is 0. The molecule has 0 fully saturated rings. The summed E-state index contributed by atoms with van der Waals surface area (Å²) in [5, 5.41) is 9.70. The number of hydrogen-bond donors (Lipinski definition) is 4. The van der Waals surface area contributed by atoms with Crippen molar-refractivity contribution >= 4 is 27.6 Å². The number of aliphatic hydroxyl groups excluding tert-OH is 1. The van der Waals surface area contributed by atoms with Crippen LogP contribution in [0.15, 0.2) is 0 Å². The highest BCUT2D eigenvalue weighted by Gasteiger charge is 2.28. The van der Waals surface area contributed by atoms with Crippen LogP contribution in [0.3, 0.4) is 0 Å². The van der Waals surface area contributed by atoms with Gasteiger partial charge >= 0.3 is 27.6 Å². The first kappa shape index (κ1) is 49.1. The van der Waals surface area contributed by atoms with Crippen LogP contribution in [0.2, 0.25) is 0 Å². The fourth-order valence-electron chi connectivity index (χ4n) is 5.29. The lowest BCUT2D eigenvalue weighted by atomic mass is 10.0. The van der Waals surface area contributed by atoms with Crippen molar-refractivity contribution in [2.24, 2.45) is 0 Å². The molecule has 0 aliphatic carbocycles. The van der Waals surface area contributed by atoms with Crippen LogP contribution in [0.25, 0.3) is 0 Å². The van der Waals surface area contributed by atoms with Gasteiger partial charge in [-0.25, -0.2) is 9.13 Å². The predicted octanol–water partition coefficient (Wildman–Crippen LogP) is 8.84. The molecule has 50 heavy (non-hydrogen) atoms. The Labute approximate surface area is 301 Å². The van der Waals surface area contributed by atoms with Crippen LogP contribution in [-0.4, -0.2) is 70.4 Å². The number of unbranched alkanes of at least 4 members (excludes halogenated alkanes) is 21. The summed E-state index contributed by atoms with van der Waals surface area (Å²) in [5.74, 6) is -1.02. The van der Waals surface area contributed by atoms with Crippen molar-refractivity contribution < 1.29 is 61.6 Å². The first-order chi connectivity index (χ1) is 23.9. The summed E-state index contributed by atoms with van der Waals surface area (Å²) in [6.45, 7) is 1.75. The van der Waals surface area contributed by atoms with Gasteiger partial charge in [0.05, 0.1) is 19.8 Å². The van der Waals surface area contributed by atoms with Crippen LogP contribution in [-0.2, 0) is 41.8 Å². The van der Waals surface area contributed by atoms with Crippen molar-refractivity contribution in [3.8, 4) is 0 Å². The summed E-state index contributed by atoms with van der Waals surface area (Å²) in [6, 6.07) is 0. The Morgan fingerprint density at radius 3 is 1.28 bits per heavy atom. The maximum absolute atomic E-state index is 12.6. The SMILES string of the molecule is CCCCCCCCCCCCCCC(=O)OC[C@H](COP(=O)(O)OC[C@H](O)COP(=O)(O)O)OC(=O)CCCCCCCCCCCCC. The van der Waals surface area contributed by atoms with Crippen LogP contribution < -0.4 is 0 Å². The molecule has 0 heterocycles. The predicted molar refractivity (Wildman–Crippen MR) is 193 cm³/mol. The van der Waals surface area contributed by atoms with Crippen LogP contribution in [0.5, 0.6) is 0 Å². The number of ether oxygens (including phenoxy) is 2. The highest BCUT2D eigenvalue weighted by atomic mass is 31.2. The summed E-state index contributed by atoms with van der Waals surface area (Å²) in [6.07, 6.45) is 23.9. The van der Waals surface area contributed by atoms with Gasteiger partial charge in [0, 0.05) is 12.8 Å².